The average Bonchev–Trinajstić information content (AvgIpc) is 3.02. The van der Waals surface area contributed by atoms with Gasteiger partial charge < -0.3 is 19.6 Å². The lowest BCUT2D eigenvalue weighted by Crippen LogP contribution is -2.32. The minimum Gasteiger partial charge on any atom is -0.507 e. The van der Waals surface area contributed by atoms with Crippen LogP contribution >= 0.6 is 15.9 Å². The molecule has 1 aliphatic rings. The minimum atomic E-state index is -0.670. The van der Waals surface area contributed by atoms with Crippen molar-refractivity contribution >= 4 is 33.4 Å². The standard InChI is InChI=1S/C26H29BrN2O4/c1-5-15-33-20-11-12-21(17(2)16-20)24(30)22-23(18-7-9-19(27)10-8-18)29(26(32)25(22)31)14-6-13-28(3)4/h5,7-12,16,23,30H,1,6,13-15H2,2-4H3/b24-22+. The van der Waals surface area contributed by atoms with Gasteiger partial charge in [-0.1, -0.05) is 40.7 Å². The van der Waals surface area contributed by atoms with Gasteiger partial charge in [0.25, 0.3) is 11.7 Å². The van der Waals surface area contributed by atoms with E-state index >= 15 is 0 Å². The molecule has 3 rings (SSSR count). The van der Waals surface area contributed by atoms with Gasteiger partial charge in [0, 0.05) is 16.6 Å². The number of aryl methyl sites for hydroxylation is 1. The minimum absolute atomic E-state index is 0.107. The molecule has 0 saturated carbocycles. The maximum absolute atomic E-state index is 13.1. The van der Waals surface area contributed by atoms with E-state index in [4.69, 9.17) is 4.74 Å². The van der Waals surface area contributed by atoms with E-state index in [1.807, 2.05) is 50.2 Å². The van der Waals surface area contributed by atoms with Gasteiger partial charge in [0.1, 0.15) is 18.1 Å². The Balaban J connectivity index is 2.07. The average molecular weight is 513 g/mol. The summed E-state index contributed by atoms with van der Waals surface area (Å²) in [5.41, 5.74) is 2.11. The summed E-state index contributed by atoms with van der Waals surface area (Å²) in [6.07, 6.45) is 2.36. The number of benzene rings is 2. The number of likely N-dealkylation sites (tertiary alicyclic amines) is 1. The van der Waals surface area contributed by atoms with Crippen LogP contribution in [-0.2, 0) is 9.59 Å². The van der Waals surface area contributed by atoms with Crippen LogP contribution in [0.15, 0.2) is 65.2 Å². The van der Waals surface area contributed by atoms with Crippen LogP contribution in [0.5, 0.6) is 5.75 Å². The van der Waals surface area contributed by atoms with Crippen molar-refractivity contribution in [3.8, 4) is 5.75 Å². The molecule has 6 nitrogen and oxygen atoms in total. The Labute approximate surface area is 203 Å². The normalized spacial score (nSPS) is 17.6. The van der Waals surface area contributed by atoms with Gasteiger partial charge in [-0.3, -0.25) is 9.59 Å². The van der Waals surface area contributed by atoms with Crippen molar-refractivity contribution in [2.75, 3.05) is 33.8 Å². The zero-order valence-corrected chi connectivity index (χ0v) is 20.8. The molecule has 1 N–H and O–H groups in total. The summed E-state index contributed by atoms with van der Waals surface area (Å²) in [4.78, 5) is 29.7. The topological polar surface area (TPSA) is 70.1 Å². The molecule has 2 aromatic carbocycles. The SMILES string of the molecule is C=CCOc1ccc(/C(O)=C2\C(=O)C(=O)N(CCCN(C)C)C2c2ccc(Br)cc2)c(C)c1. The van der Waals surface area contributed by atoms with E-state index in [2.05, 4.69) is 22.5 Å². The molecule has 1 aliphatic heterocycles. The van der Waals surface area contributed by atoms with E-state index in [1.54, 1.807) is 29.2 Å². The molecule has 0 spiro atoms. The number of ether oxygens (including phenoxy) is 1. The highest BCUT2D eigenvalue weighted by atomic mass is 79.9. The van der Waals surface area contributed by atoms with Gasteiger partial charge in [-0.15, -0.1) is 0 Å². The van der Waals surface area contributed by atoms with Crippen LogP contribution in [0.4, 0.5) is 0 Å². The highest BCUT2D eigenvalue weighted by Crippen LogP contribution is 2.40. The number of carbonyl (C=O) groups excluding carboxylic acids is 2. The third-order valence-corrected chi connectivity index (χ3v) is 6.08. The zero-order chi connectivity index (χ0) is 24.1. The van der Waals surface area contributed by atoms with Crippen molar-refractivity contribution in [2.24, 2.45) is 0 Å². The summed E-state index contributed by atoms with van der Waals surface area (Å²) in [5, 5.41) is 11.3. The van der Waals surface area contributed by atoms with E-state index in [-0.39, 0.29) is 11.3 Å². The van der Waals surface area contributed by atoms with Gasteiger partial charge in [-0.2, -0.15) is 0 Å². The molecule has 2 aromatic rings. The lowest BCUT2D eigenvalue weighted by molar-refractivity contribution is -0.139. The number of ketones is 1. The first-order valence-corrected chi connectivity index (χ1v) is 11.6. The number of carbonyl (C=O) groups is 2. The summed E-state index contributed by atoms with van der Waals surface area (Å²) in [7, 11) is 3.93. The summed E-state index contributed by atoms with van der Waals surface area (Å²) >= 11 is 3.43. The summed E-state index contributed by atoms with van der Waals surface area (Å²) in [5.74, 6) is -0.801. The number of nitrogens with zero attached hydrogens (tertiary/aromatic N) is 2. The third-order valence-electron chi connectivity index (χ3n) is 5.55. The molecule has 1 unspecified atom stereocenters. The number of hydrogen-bond donors (Lipinski definition) is 1. The summed E-state index contributed by atoms with van der Waals surface area (Å²) in [6.45, 7) is 7.03. The molecule has 0 radical (unpaired) electrons. The Morgan fingerprint density at radius 2 is 1.91 bits per heavy atom. The van der Waals surface area contributed by atoms with Crippen LogP contribution in [0.3, 0.4) is 0 Å². The van der Waals surface area contributed by atoms with Gasteiger partial charge >= 0.3 is 0 Å². The quantitative estimate of drug-likeness (QED) is 0.228. The number of hydrogen-bond acceptors (Lipinski definition) is 5. The number of aliphatic hydroxyl groups is 1. The summed E-state index contributed by atoms with van der Waals surface area (Å²) in [6, 6.07) is 12.0. The van der Waals surface area contributed by atoms with Gasteiger partial charge in [0.05, 0.1) is 11.6 Å². The molecule has 33 heavy (non-hydrogen) atoms. The van der Waals surface area contributed by atoms with Crippen LogP contribution in [-0.4, -0.2) is 60.4 Å². The van der Waals surface area contributed by atoms with Crippen LogP contribution in [0.1, 0.15) is 29.2 Å². The number of halogens is 1. The highest BCUT2D eigenvalue weighted by molar-refractivity contribution is 9.10. The van der Waals surface area contributed by atoms with E-state index in [9.17, 15) is 14.7 Å². The maximum atomic E-state index is 13.1. The molecule has 1 saturated heterocycles. The molecule has 174 valence electrons. The monoisotopic (exact) mass is 512 g/mol. The fourth-order valence-electron chi connectivity index (χ4n) is 3.95. The fraction of sp³-hybridized carbons (Fsp3) is 0.308. The van der Waals surface area contributed by atoms with Crippen LogP contribution in [0.25, 0.3) is 5.76 Å². The Hall–Kier alpha value is -2.90. The van der Waals surface area contributed by atoms with Crippen molar-refractivity contribution in [1.82, 2.24) is 9.80 Å². The molecule has 1 atom stereocenters. The van der Waals surface area contributed by atoms with Crippen LogP contribution in [0, 0.1) is 6.92 Å². The second kappa shape index (κ2) is 10.8. The Kier molecular flexibility index (Phi) is 8.10. The first-order valence-electron chi connectivity index (χ1n) is 10.8. The summed E-state index contributed by atoms with van der Waals surface area (Å²) < 4.78 is 6.45. The van der Waals surface area contributed by atoms with Crippen molar-refractivity contribution in [1.29, 1.82) is 0 Å². The maximum Gasteiger partial charge on any atom is 0.295 e. The van der Waals surface area contributed by atoms with Gasteiger partial charge in [-0.05, 0) is 75.4 Å². The fourth-order valence-corrected chi connectivity index (χ4v) is 4.22. The number of Topliss-reactive ketones (excluding diaryl/α,β-unsaturated/α-hetero) is 1. The first kappa shape index (κ1) is 24.7. The van der Waals surface area contributed by atoms with E-state index in [1.165, 1.54) is 0 Å². The van der Waals surface area contributed by atoms with Gasteiger partial charge in [0.15, 0.2) is 0 Å². The zero-order valence-electron chi connectivity index (χ0n) is 19.2. The predicted molar refractivity (Wildman–Crippen MR) is 133 cm³/mol. The highest BCUT2D eigenvalue weighted by Gasteiger charge is 2.45. The molecule has 1 amide bonds. The van der Waals surface area contributed by atoms with Crippen LogP contribution in [0.2, 0.25) is 0 Å². The molecule has 0 aliphatic carbocycles. The second-order valence-electron chi connectivity index (χ2n) is 8.28. The van der Waals surface area contributed by atoms with E-state index < -0.39 is 17.7 Å². The Morgan fingerprint density at radius 3 is 2.52 bits per heavy atom. The van der Waals surface area contributed by atoms with Crippen molar-refractivity contribution in [3.63, 3.8) is 0 Å². The Bertz CT molecular complexity index is 1080. The van der Waals surface area contributed by atoms with Crippen molar-refractivity contribution in [2.45, 2.75) is 19.4 Å². The Morgan fingerprint density at radius 1 is 1.21 bits per heavy atom. The smallest absolute Gasteiger partial charge is 0.295 e. The number of rotatable bonds is 9. The third kappa shape index (κ3) is 5.54. The lowest BCUT2D eigenvalue weighted by Gasteiger charge is -2.26. The molecule has 1 heterocycles. The van der Waals surface area contributed by atoms with Gasteiger partial charge in [0.2, 0.25) is 0 Å². The van der Waals surface area contributed by atoms with Crippen molar-refractivity contribution < 1.29 is 19.4 Å². The number of aliphatic hydroxyl groups excluding tert-OH is 1. The molecular weight excluding hydrogens is 484 g/mol. The molecule has 0 aromatic heterocycles. The van der Waals surface area contributed by atoms with Crippen LogP contribution < -0.4 is 4.74 Å². The molecule has 1 fully saturated rings. The van der Waals surface area contributed by atoms with Gasteiger partial charge in [-0.25, -0.2) is 0 Å². The molecule has 0 bridgehead atoms. The van der Waals surface area contributed by atoms with E-state index in [0.29, 0.717) is 30.9 Å². The van der Waals surface area contributed by atoms with Crippen molar-refractivity contribution in [3.05, 3.63) is 81.9 Å². The van der Waals surface area contributed by atoms with E-state index in [0.717, 1.165) is 22.1 Å². The first-order chi connectivity index (χ1) is 15.7. The molecular formula is C26H29BrN2O4. The lowest BCUT2D eigenvalue weighted by atomic mass is 9.94. The number of amides is 1. The second-order valence-corrected chi connectivity index (χ2v) is 9.19. The molecule has 7 heteroatoms. The predicted octanol–water partition coefficient (Wildman–Crippen LogP) is 4.70. The largest absolute Gasteiger partial charge is 0.507 e.